The van der Waals surface area contributed by atoms with Crippen LogP contribution in [0, 0.1) is 17.8 Å². The van der Waals surface area contributed by atoms with Crippen molar-refractivity contribution in [2.45, 2.75) is 173 Å². The van der Waals surface area contributed by atoms with Gasteiger partial charge in [-0.2, -0.15) is 0 Å². The lowest BCUT2D eigenvalue weighted by atomic mass is 10.0. The third-order valence-electron chi connectivity index (χ3n) is 11.9. The zero-order valence-electron chi connectivity index (χ0n) is 47.3. The monoisotopic (exact) mass is 1140 g/mol. The van der Waals surface area contributed by atoms with Gasteiger partial charge >= 0.3 is 5.97 Å². The SMILES string of the molecule is CC[C@H](NC(=O)[C@H](CCCN=C(N)N)NC(=O)[C@H](CCCN=C(N)N)NC(=O)[C@H](CO)NC(=O)[C@H](CCCN=C(N)N)NC(=O)[C@@H](N)C(C)C)C(=O)N[C@@H](CC(C)C)C(=O)N[C@@H](CCCN=C(N)N)C(=O)N[C@@H](CC(C)C)C(=O)O. The molecule has 0 aliphatic carbocycles. The summed E-state index contributed by atoms with van der Waals surface area (Å²) in [5.74, 6) is -9.60. The normalized spacial score (nSPS) is 14.4. The minimum absolute atomic E-state index is 0.00334. The van der Waals surface area contributed by atoms with E-state index in [1.54, 1.807) is 48.5 Å². The van der Waals surface area contributed by atoms with Gasteiger partial charge in [-0.3, -0.25) is 58.3 Å². The van der Waals surface area contributed by atoms with E-state index in [-0.39, 0.29) is 138 Å². The molecular formula is C48H93N21O11. The summed E-state index contributed by atoms with van der Waals surface area (Å²) in [7, 11) is 0. The van der Waals surface area contributed by atoms with Gasteiger partial charge in [-0.05, 0) is 88.4 Å². The number of aliphatic hydroxyl groups excluding tert-OH is 1. The Labute approximate surface area is 467 Å². The maximum Gasteiger partial charge on any atom is 0.326 e. The number of nitrogens with zero attached hydrogens (tertiary/aromatic N) is 4. The van der Waals surface area contributed by atoms with Gasteiger partial charge in [-0.15, -0.1) is 0 Å². The highest BCUT2D eigenvalue weighted by Crippen LogP contribution is 2.12. The van der Waals surface area contributed by atoms with Crippen LogP contribution in [0.15, 0.2) is 20.0 Å². The lowest BCUT2D eigenvalue weighted by Gasteiger charge is -2.28. The van der Waals surface area contributed by atoms with Gasteiger partial charge < -0.3 is 104 Å². The summed E-state index contributed by atoms with van der Waals surface area (Å²) in [6.45, 7) is 11.3. The first-order chi connectivity index (χ1) is 37.4. The van der Waals surface area contributed by atoms with Crippen LogP contribution in [-0.2, 0) is 43.2 Å². The quantitative estimate of drug-likeness (QED) is 0.0154. The zero-order chi connectivity index (χ0) is 61.2. The third kappa shape index (κ3) is 31.0. The first kappa shape index (κ1) is 72.2. The van der Waals surface area contributed by atoms with Gasteiger partial charge in [0.1, 0.15) is 48.3 Å². The molecule has 0 rings (SSSR count). The second kappa shape index (κ2) is 38.7. The summed E-state index contributed by atoms with van der Waals surface area (Å²) in [6, 6.07) is -12.0. The number of carboxylic acid groups (broad SMARTS) is 1. The number of aliphatic carboxylic acids is 1. The molecule has 0 bridgehead atoms. The second-order valence-electron chi connectivity index (χ2n) is 20.2. The fourth-order valence-electron chi connectivity index (χ4n) is 7.51. The molecule has 28 N–H and O–H groups in total. The summed E-state index contributed by atoms with van der Waals surface area (Å²) in [6.07, 6.45) is 0.384. The van der Waals surface area contributed by atoms with E-state index in [1.807, 2.05) is 0 Å². The highest BCUT2D eigenvalue weighted by molar-refractivity contribution is 5.98. The lowest BCUT2D eigenvalue weighted by molar-refractivity contribution is -0.143. The minimum Gasteiger partial charge on any atom is -0.480 e. The molecule has 32 heteroatoms. The average molecular weight is 1140 g/mol. The molecule has 0 fully saturated rings. The van der Waals surface area contributed by atoms with Crippen LogP contribution in [0.25, 0.3) is 0 Å². The number of guanidine groups is 4. The molecule has 0 saturated carbocycles. The van der Waals surface area contributed by atoms with Gasteiger partial charge in [0.15, 0.2) is 23.8 Å². The Bertz CT molecular complexity index is 2120. The van der Waals surface area contributed by atoms with E-state index < -0.39 is 114 Å². The number of carbonyl (C=O) groups excluding carboxylic acids is 8. The molecule has 0 unspecified atom stereocenters. The molecule has 0 radical (unpaired) electrons. The summed E-state index contributed by atoms with van der Waals surface area (Å²) in [4.78, 5) is 138. The van der Waals surface area contributed by atoms with Gasteiger partial charge in [-0.1, -0.05) is 48.5 Å². The molecule has 8 amide bonds. The van der Waals surface area contributed by atoms with E-state index in [0.29, 0.717) is 0 Å². The molecule has 80 heavy (non-hydrogen) atoms. The Hall–Kier alpha value is -7.77. The number of rotatable bonds is 40. The van der Waals surface area contributed by atoms with Gasteiger partial charge in [-0.25, -0.2) is 4.79 Å². The number of hydrogen-bond donors (Lipinski definition) is 19. The summed E-state index contributed by atoms with van der Waals surface area (Å²) in [5, 5.41) is 40.6. The zero-order valence-corrected chi connectivity index (χ0v) is 47.3. The molecule has 9 atom stereocenters. The van der Waals surface area contributed by atoms with Crippen LogP contribution in [0.2, 0.25) is 0 Å². The van der Waals surface area contributed by atoms with Crippen LogP contribution in [0.3, 0.4) is 0 Å². The Kier molecular flexibility index (Phi) is 35.0. The molecule has 32 nitrogen and oxygen atoms in total. The maximum absolute atomic E-state index is 14.2. The first-order valence-electron chi connectivity index (χ1n) is 26.7. The average Bonchev–Trinajstić information content (AvgIpc) is 3.36. The van der Waals surface area contributed by atoms with Gasteiger partial charge in [0.05, 0.1) is 12.6 Å². The van der Waals surface area contributed by atoms with E-state index in [9.17, 15) is 53.4 Å². The highest BCUT2D eigenvalue weighted by Gasteiger charge is 2.35. The van der Waals surface area contributed by atoms with Crippen molar-refractivity contribution >= 4 is 77.1 Å². The van der Waals surface area contributed by atoms with Crippen LogP contribution >= 0.6 is 0 Å². The number of hydrogen-bond acceptors (Lipinski definition) is 15. The molecule has 0 aliphatic heterocycles. The first-order valence-corrected chi connectivity index (χ1v) is 26.7. The van der Waals surface area contributed by atoms with Crippen LogP contribution in [0.1, 0.15) is 119 Å². The van der Waals surface area contributed by atoms with Crippen molar-refractivity contribution in [3.05, 3.63) is 0 Å². The molecule has 0 aromatic heterocycles. The van der Waals surface area contributed by atoms with Crippen molar-refractivity contribution < 1.29 is 53.4 Å². The molecule has 0 aromatic carbocycles. The largest absolute Gasteiger partial charge is 0.480 e. The maximum atomic E-state index is 14.2. The molecule has 0 aliphatic rings. The highest BCUT2D eigenvalue weighted by atomic mass is 16.4. The van der Waals surface area contributed by atoms with Crippen molar-refractivity contribution in [2.75, 3.05) is 32.8 Å². The Morgan fingerprint density at radius 3 is 0.925 bits per heavy atom. The molecule has 0 spiro atoms. The molecule has 0 saturated heterocycles. The number of aliphatic hydroxyl groups is 1. The van der Waals surface area contributed by atoms with Crippen molar-refractivity contribution in [3.63, 3.8) is 0 Å². The lowest BCUT2D eigenvalue weighted by Crippen LogP contribution is -2.61. The molecule has 0 heterocycles. The number of carbonyl (C=O) groups is 9. The Morgan fingerprint density at radius 2 is 0.637 bits per heavy atom. The summed E-state index contributed by atoms with van der Waals surface area (Å²) < 4.78 is 0. The standard InChI is InChI=1S/C48H93N21O11/c1-8-27(36(71)67-32(21-24(2)3)41(76)64-30(15-11-19-60-47(54)55)39(74)68-33(44(79)80)22-25(4)5)62-37(72)28(13-9-17-58-45(50)51)63-38(73)29(14-10-18-59-46(52)53)65-42(77)34(23-70)69-40(75)31(16-12-20-61-48(56)57)66-43(78)35(49)26(6)7/h24-35,70H,8-23,49H2,1-7H3,(H,62,72)(H,63,73)(H,64,76)(H,65,77)(H,66,78)(H,67,71)(H,68,74)(H,69,75)(H,79,80)(H4,50,51,58)(H4,52,53,59)(H4,54,55,60)(H4,56,57,61)/t27-,28-,29-,30-,31-,32-,33-,34-,35-/m0/s1. The van der Waals surface area contributed by atoms with Gasteiger partial charge in [0, 0.05) is 26.2 Å². The fraction of sp³-hybridized carbons (Fsp3) is 0.729. The van der Waals surface area contributed by atoms with Crippen LogP contribution in [-0.4, -0.2) is 174 Å². The van der Waals surface area contributed by atoms with E-state index >= 15 is 0 Å². The number of amides is 8. The van der Waals surface area contributed by atoms with Gasteiger partial charge in [0.25, 0.3) is 0 Å². The van der Waals surface area contributed by atoms with Crippen LogP contribution in [0.5, 0.6) is 0 Å². The van der Waals surface area contributed by atoms with Crippen molar-refractivity contribution in [1.82, 2.24) is 42.5 Å². The molecule has 0 aromatic rings. The fourth-order valence-corrected chi connectivity index (χ4v) is 7.51. The molecular weight excluding hydrogens is 1050 g/mol. The van der Waals surface area contributed by atoms with E-state index in [4.69, 9.17) is 51.6 Å². The van der Waals surface area contributed by atoms with Crippen LogP contribution < -0.4 is 94.1 Å². The predicted molar refractivity (Wildman–Crippen MR) is 302 cm³/mol. The number of aliphatic imine (C=N–C) groups is 4. The third-order valence-corrected chi connectivity index (χ3v) is 11.9. The van der Waals surface area contributed by atoms with E-state index in [0.717, 1.165) is 0 Å². The van der Waals surface area contributed by atoms with Crippen molar-refractivity contribution in [1.29, 1.82) is 0 Å². The topological polar surface area (TPSA) is 574 Å². The smallest absolute Gasteiger partial charge is 0.326 e. The Morgan fingerprint density at radius 1 is 0.388 bits per heavy atom. The number of carboxylic acids is 1. The number of nitrogens with one attached hydrogen (secondary N) is 8. The second-order valence-corrected chi connectivity index (χ2v) is 20.2. The van der Waals surface area contributed by atoms with Crippen LogP contribution in [0.4, 0.5) is 0 Å². The predicted octanol–water partition coefficient (Wildman–Crippen LogP) is -6.36. The summed E-state index contributed by atoms with van der Waals surface area (Å²) in [5.41, 5.74) is 49.8. The molecule has 456 valence electrons. The van der Waals surface area contributed by atoms with E-state index in [2.05, 4.69) is 62.5 Å². The van der Waals surface area contributed by atoms with Crippen molar-refractivity contribution in [2.24, 2.45) is 89.3 Å². The van der Waals surface area contributed by atoms with Crippen molar-refractivity contribution in [3.8, 4) is 0 Å². The van der Waals surface area contributed by atoms with Gasteiger partial charge in [0.2, 0.25) is 47.3 Å². The van der Waals surface area contributed by atoms with E-state index in [1.165, 1.54) is 0 Å². The minimum atomic E-state index is -1.69. The number of nitrogens with two attached hydrogens (primary N) is 9. The summed E-state index contributed by atoms with van der Waals surface area (Å²) >= 11 is 0. The Balaban J connectivity index is 6.86.